The van der Waals surface area contributed by atoms with Crippen LogP contribution in [0.3, 0.4) is 0 Å². The summed E-state index contributed by atoms with van der Waals surface area (Å²) in [6.45, 7) is 1.95. The van der Waals surface area contributed by atoms with Crippen molar-refractivity contribution in [2.45, 2.75) is 6.92 Å². The molecule has 0 N–H and O–H groups in total. The fourth-order valence-corrected chi connectivity index (χ4v) is 3.42. The van der Waals surface area contributed by atoms with E-state index in [1.807, 2.05) is 19.1 Å². The molecule has 0 saturated carbocycles. The molecule has 0 amide bonds. The summed E-state index contributed by atoms with van der Waals surface area (Å²) >= 11 is 7.36. The van der Waals surface area contributed by atoms with Crippen molar-refractivity contribution in [3.8, 4) is 17.3 Å². The molecular formula is C19H12ClN3O2S. The van der Waals surface area contributed by atoms with Crippen LogP contribution in [-0.4, -0.2) is 9.91 Å². The monoisotopic (exact) mass is 381 g/mol. The summed E-state index contributed by atoms with van der Waals surface area (Å²) in [5.41, 5.74) is 2.87. The average molecular weight is 382 g/mol. The molecule has 3 aromatic rings. The van der Waals surface area contributed by atoms with Gasteiger partial charge in [0.2, 0.25) is 0 Å². The smallest absolute Gasteiger partial charge is 0.258 e. The molecule has 0 bridgehead atoms. The predicted octanol–water partition coefficient (Wildman–Crippen LogP) is 5.74. The molecule has 0 spiro atoms. The van der Waals surface area contributed by atoms with Crippen LogP contribution >= 0.6 is 22.9 Å². The largest absolute Gasteiger partial charge is 0.269 e. The summed E-state index contributed by atoms with van der Waals surface area (Å²) in [6, 6.07) is 15.6. The second-order valence-electron chi connectivity index (χ2n) is 5.45. The minimum Gasteiger partial charge on any atom is -0.258 e. The highest BCUT2D eigenvalue weighted by Crippen LogP contribution is 2.32. The van der Waals surface area contributed by atoms with Crippen molar-refractivity contribution >= 4 is 40.3 Å². The number of benzene rings is 2. The number of nitrogens with zero attached hydrogens (tertiary/aromatic N) is 3. The van der Waals surface area contributed by atoms with Crippen molar-refractivity contribution < 1.29 is 4.92 Å². The van der Waals surface area contributed by atoms with Crippen LogP contribution in [0.4, 0.5) is 5.69 Å². The molecule has 7 heteroatoms. The van der Waals surface area contributed by atoms with E-state index in [4.69, 9.17) is 11.6 Å². The van der Waals surface area contributed by atoms with Gasteiger partial charge in [0.1, 0.15) is 11.1 Å². The van der Waals surface area contributed by atoms with E-state index >= 15 is 0 Å². The van der Waals surface area contributed by atoms with Crippen molar-refractivity contribution in [3.63, 3.8) is 0 Å². The van der Waals surface area contributed by atoms with E-state index in [1.165, 1.54) is 23.5 Å². The van der Waals surface area contributed by atoms with Gasteiger partial charge in [0.25, 0.3) is 5.69 Å². The van der Waals surface area contributed by atoms with Crippen molar-refractivity contribution in [3.05, 3.63) is 79.1 Å². The Balaban J connectivity index is 1.96. The molecule has 0 fully saturated rings. The topological polar surface area (TPSA) is 79.8 Å². The second kappa shape index (κ2) is 7.48. The van der Waals surface area contributed by atoms with Crippen molar-refractivity contribution in [1.29, 1.82) is 5.26 Å². The highest BCUT2D eigenvalue weighted by molar-refractivity contribution is 7.13. The Morgan fingerprint density at radius 2 is 1.88 bits per heavy atom. The molecule has 2 aromatic carbocycles. The summed E-state index contributed by atoms with van der Waals surface area (Å²) in [7, 11) is 0. The van der Waals surface area contributed by atoms with Crippen LogP contribution in [0.5, 0.6) is 0 Å². The molecule has 1 aromatic heterocycles. The van der Waals surface area contributed by atoms with Crippen LogP contribution in [0.15, 0.2) is 48.5 Å². The number of nitro groups is 1. The highest BCUT2D eigenvalue weighted by atomic mass is 35.5. The molecule has 1 heterocycles. The maximum absolute atomic E-state index is 10.7. The van der Waals surface area contributed by atoms with E-state index < -0.39 is 4.92 Å². The molecule has 0 radical (unpaired) electrons. The van der Waals surface area contributed by atoms with E-state index in [0.29, 0.717) is 21.2 Å². The van der Waals surface area contributed by atoms with E-state index in [0.717, 1.165) is 16.1 Å². The predicted molar refractivity (Wildman–Crippen MR) is 104 cm³/mol. The zero-order chi connectivity index (χ0) is 18.7. The van der Waals surface area contributed by atoms with Gasteiger partial charge in [-0.3, -0.25) is 10.1 Å². The van der Waals surface area contributed by atoms with Crippen LogP contribution in [0.2, 0.25) is 5.02 Å². The van der Waals surface area contributed by atoms with Crippen molar-refractivity contribution in [2.75, 3.05) is 0 Å². The number of rotatable bonds is 4. The molecule has 0 aliphatic carbocycles. The van der Waals surface area contributed by atoms with Gasteiger partial charge in [-0.25, -0.2) is 4.98 Å². The fourth-order valence-electron chi connectivity index (χ4n) is 2.39. The number of non-ortho nitro benzene ring substituents is 1. The van der Waals surface area contributed by atoms with Crippen LogP contribution < -0.4 is 0 Å². The van der Waals surface area contributed by atoms with Gasteiger partial charge < -0.3 is 0 Å². The molecular weight excluding hydrogens is 370 g/mol. The molecule has 5 nitrogen and oxygen atoms in total. The SMILES string of the molecule is Cc1sc(C(C#N)=Cc2ccc([N+](=O)[O-])cc2)nc1-c1ccc(Cl)cc1. The van der Waals surface area contributed by atoms with Crippen molar-refractivity contribution in [2.24, 2.45) is 0 Å². The highest BCUT2D eigenvalue weighted by Gasteiger charge is 2.13. The number of thiazole rings is 1. The third-order valence-corrected chi connectivity index (χ3v) is 4.94. The Morgan fingerprint density at radius 1 is 1.23 bits per heavy atom. The lowest BCUT2D eigenvalue weighted by Crippen LogP contribution is -1.87. The summed E-state index contributed by atoms with van der Waals surface area (Å²) in [6.07, 6.45) is 1.67. The Hall–Kier alpha value is -3.01. The van der Waals surface area contributed by atoms with E-state index in [2.05, 4.69) is 11.1 Å². The zero-order valence-electron chi connectivity index (χ0n) is 13.6. The van der Waals surface area contributed by atoms with Crippen LogP contribution in [0.1, 0.15) is 15.4 Å². The summed E-state index contributed by atoms with van der Waals surface area (Å²) < 4.78 is 0. The lowest BCUT2D eigenvalue weighted by Gasteiger charge is -1.98. The molecule has 0 aliphatic heterocycles. The van der Waals surface area contributed by atoms with Crippen LogP contribution in [0.25, 0.3) is 22.9 Å². The lowest BCUT2D eigenvalue weighted by molar-refractivity contribution is -0.384. The second-order valence-corrected chi connectivity index (χ2v) is 7.09. The number of nitro benzene ring substituents is 1. The molecule has 3 rings (SSSR count). The fraction of sp³-hybridized carbons (Fsp3) is 0.0526. The van der Waals surface area contributed by atoms with Gasteiger partial charge in [0, 0.05) is 27.6 Å². The Kier molecular flexibility index (Phi) is 5.12. The number of hydrogen-bond donors (Lipinski definition) is 0. The maximum atomic E-state index is 10.7. The number of hydrogen-bond acceptors (Lipinski definition) is 5. The zero-order valence-corrected chi connectivity index (χ0v) is 15.2. The van der Waals surface area contributed by atoms with Gasteiger partial charge in [-0.1, -0.05) is 23.7 Å². The first-order chi connectivity index (χ1) is 12.5. The quantitative estimate of drug-likeness (QED) is 0.327. The standard InChI is InChI=1S/C19H12ClN3O2S/c1-12-18(14-4-6-16(20)7-5-14)22-19(26-12)15(11-21)10-13-2-8-17(9-3-13)23(24)25/h2-10H,1H3. The van der Waals surface area contributed by atoms with Gasteiger partial charge in [-0.05, 0) is 42.8 Å². The van der Waals surface area contributed by atoms with Crippen LogP contribution in [0, 0.1) is 28.4 Å². The maximum Gasteiger partial charge on any atom is 0.269 e. The third-order valence-electron chi connectivity index (χ3n) is 3.68. The Labute approximate surface area is 159 Å². The van der Waals surface area contributed by atoms with Gasteiger partial charge in [-0.15, -0.1) is 11.3 Å². The summed E-state index contributed by atoms with van der Waals surface area (Å²) in [5.74, 6) is 0. The first-order valence-corrected chi connectivity index (χ1v) is 8.77. The number of allylic oxidation sites excluding steroid dienone is 1. The third kappa shape index (κ3) is 3.80. The van der Waals surface area contributed by atoms with Gasteiger partial charge in [0.05, 0.1) is 16.2 Å². The Bertz CT molecular complexity index is 1030. The molecule has 0 atom stereocenters. The molecule has 26 heavy (non-hydrogen) atoms. The number of aryl methyl sites for hydroxylation is 1. The molecule has 0 saturated heterocycles. The first kappa shape index (κ1) is 17.8. The average Bonchev–Trinajstić information content (AvgIpc) is 3.02. The van der Waals surface area contributed by atoms with E-state index in [9.17, 15) is 15.4 Å². The number of aromatic nitrogens is 1. The minimum atomic E-state index is -0.457. The van der Waals surface area contributed by atoms with Crippen LogP contribution in [-0.2, 0) is 0 Å². The molecule has 0 aliphatic rings. The van der Waals surface area contributed by atoms with E-state index in [-0.39, 0.29) is 5.69 Å². The normalized spacial score (nSPS) is 11.2. The van der Waals surface area contributed by atoms with Gasteiger partial charge >= 0.3 is 0 Å². The molecule has 128 valence electrons. The summed E-state index contributed by atoms with van der Waals surface area (Å²) in [5, 5.41) is 21.5. The minimum absolute atomic E-state index is 0.00998. The summed E-state index contributed by atoms with van der Waals surface area (Å²) in [4.78, 5) is 15.9. The van der Waals surface area contributed by atoms with Gasteiger partial charge in [0.15, 0.2) is 0 Å². The Morgan fingerprint density at radius 3 is 2.46 bits per heavy atom. The molecule has 0 unspecified atom stereocenters. The van der Waals surface area contributed by atoms with Gasteiger partial charge in [-0.2, -0.15) is 5.26 Å². The number of nitriles is 1. The lowest BCUT2D eigenvalue weighted by atomic mass is 10.1. The van der Waals surface area contributed by atoms with Crippen molar-refractivity contribution in [1.82, 2.24) is 4.98 Å². The van der Waals surface area contributed by atoms with E-state index in [1.54, 1.807) is 30.3 Å². The number of halogens is 1. The first-order valence-electron chi connectivity index (χ1n) is 7.58.